The van der Waals surface area contributed by atoms with Crippen molar-refractivity contribution >= 4 is 5.97 Å². The van der Waals surface area contributed by atoms with Crippen LogP contribution in [0, 0.1) is 0 Å². The molecule has 0 heterocycles. The number of rotatable bonds is 10. The highest BCUT2D eigenvalue weighted by atomic mass is 19.4. The molecule has 0 aromatic carbocycles. The first-order chi connectivity index (χ1) is 14.6. The lowest BCUT2D eigenvalue weighted by molar-refractivity contribution is -0.548. The molecular weight excluding hydrogens is 547 g/mol. The fourth-order valence-electron chi connectivity index (χ4n) is 1.46. The van der Waals surface area contributed by atoms with E-state index in [4.69, 9.17) is 0 Å². The monoisotopic (exact) mass is 554 g/mol. The SMILES string of the molecule is COCCOC(=O)C(F)(OC(F)(F)C(F)(OC(F)(F)C(F)(F)C(F)(F)F)C(F)(F)F)C(F)(F)F. The van der Waals surface area contributed by atoms with E-state index in [-0.39, 0.29) is 0 Å². The van der Waals surface area contributed by atoms with Crippen LogP contribution in [0.2, 0.25) is 0 Å². The maximum atomic E-state index is 13.9. The summed E-state index contributed by atoms with van der Waals surface area (Å²) in [5, 5.41) is 0. The third kappa shape index (κ3) is 5.86. The Hall–Kier alpha value is -1.84. The summed E-state index contributed by atoms with van der Waals surface area (Å²) in [7, 11) is 0.764. The Morgan fingerprint density at radius 3 is 1.35 bits per heavy atom. The molecule has 0 aliphatic rings. The van der Waals surface area contributed by atoms with Gasteiger partial charge in [-0.1, -0.05) is 0 Å². The van der Waals surface area contributed by atoms with E-state index in [1.807, 2.05) is 0 Å². The van der Waals surface area contributed by atoms with Gasteiger partial charge in [0.15, 0.2) is 0 Å². The van der Waals surface area contributed by atoms with Crippen molar-refractivity contribution in [1.29, 1.82) is 0 Å². The van der Waals surface area contributed by atoms with Gasteiger partial charge in [-0.2, -0.15) is 74.6 Å². The highest BCUT2D eigenvalue weighted by molar-refractivity contribution is 5.78. The first-order valence-electron chi connectivity index (χ1n) is 7.42. The summed E-state index contributed by atoms with van der Waals surface area (Å²) in [5.74, 6) is -26.5. The molecular formula is C12H7F17O5. The molecule has 0 radical (unpaired) electrons. The van der Waals surface area contributed by atoms with Crippen LogP contribution in [0.4, 0.5) is 74.6 Å². The fourth-order valence-corrected chi connectivity index (χ4v) is 1.46. The van der Waals surface area contributed by atoms with Crippen molar-refractivity contribution in [1.82, 2.24) is 0 Å². The molecule has 0 fully saturated rings. The van der Waals surface area contributed by atoms with Gasteiger partial charge in [0.25, 0.3) is 0 Å². The number of carbonyl (C=O) groups is 1. The predicted molar refractivity (Wildman–Crippen MR) is 65.7 cm³/mol. The second kappa shape index (κ2) is 9.32. The number of halogens is 17. The number of esters is 1. The molecule has 0 rings (SSSR count). The Balaban J connectivity index is 6.61. The minimum absolute atomic E-state index is 0.764. The molecule has 0 bridgehead atoms. The van der Waals surface area contributed by atoms with Gasteiger partial charge in [-0.3, -0.25) is 9.47 Å². The van der Waals surface area contributed by atoms with E-state index >= 15 is 0 Å². The zero-order valence-corrected chi connectivity index (χ0v) is 15.4. The number of alkyl halides is 17. The van der Waals surface area contributed by atoms with E-state index in [0.29, 0.717) is 0 Å². The van der Waals surface area contributed by atoms with Gasteiger partial charge in [-0.25, -0.2) is 4.79 Å². The smallest absolute Gasteiger partial charge is 0.459 e. The van der Waals surface area contributed by atoms with Crippen LogP contribution in [-0.2, 0) is 23.7 Å². The van der Waals surface area contributed by atoms with E-state index in [9.17, 15) is 79.4 Å². The van der Waals surface area contributed by atoms with E-state index < -0.39 is 67.6 Å². The van der Waals surface area contributed by atoms with E-state index in [0.717, 1.165) is 7.11 Å². The molecule has 0 saturated heterocycles. The predicted octanol–water partition coefficient (Wildman–Crippen LogP) is 5.05. The first-order valence-corrected chi connectivity index (χ1v) is 7.42. The van der Waals surface area contributed by atoms with Gasteiger partial charge in [-0.15, -0.1) is 0 Å². The highest BCUT2D eigenvalue weighted by Gasteiger charge is 2.85. The number of methoxy groups -OCH3 is 1. The molecule has 204 valence electrons. The van der Waals surface area contributed by atoms with Gasteiger partial charge in [0.1, 0.15) is 6.61 Å². The average molecular weight is 554 g/mol. The van der Waals surface area contributed by atoms with Crippen LogP contribution >= 0.6 is 0 Å². The second-order valence-corrected chi connectivity index (χ2v) is 5.62. The molecule has 2 atom stereocenters. The van der Waals surface area contributed by atoms with Crippen LogP contribution in [0.3, 0.4) is 0 Å². The lowest BCUT2D eigenvalue weighted by Crippen LogP contribution is -2.68. The van der Waals surface area contributed by atoms with Gasteiger partial charge < -0.3 is 9.47 Å². The summed E-state index contributed by atoms with van der Waals surface area (Å²) in [6.07, 6.45) is -38.6. The van der Waals surface area contributed by atoms with Gasteiger partial charge in [0.05, 0.1) is 6.61 Å². The van der Waals surface area contributed by atoms with Crippen molar-refractivity contribution in [2.24, 2.45) is 0 Å². The Morgan fingerprint density at radius 2 is 1.03 bits per heavy atom. The van der Waals surface area contributed by atoms with Gasteiger partial charge in [0.2, 0.25) is 0 Å². The Kier molecular flexibility index (Phi) is 8.81. The van der Waals surface area contributed by atoms with Crippen LogP contribution in [0.15, 0.2) is 0 Å². The number of ether oxygens (including phenoxy) is 4. The van der Waals surface area contributed by atoms with Crippen LogP contribution in [0.5, 0.6) is 0 Å². The summed E-state index contributed by atoms with van der Waals surface area (Å²) in [4.78, 5) is 11.1. The first kappa shape index (κ1) is 32.2. The minimum Gasteiger partial charge on any atom is -0.459 e. The van der Waals surface area contributed by atoms with Crippen LogP contribution < -0.4 is 0 Å². The van der Waals surface area contributed by atoms with Crippen molar-refractivity contribution in [2.45, 2.75) is 48.4 Å². The standard InChI is InChI=1S/C12H7F17O5/c1-31-2-3-32-4(30)5(13,8(17,18)19)33-12(28,29)7(16,10(23,24)25)34-11(26,27)6(14,15)9(20,21)22/h2-3H2,1H3. The summed E-state index contributed by atoms with van der Waals surface area (Å²) in [6, 6.07) is 0. The quantitative estimate of drug-likeness (QED) is 0.215. The Bertz CT molecular complexity index is 713. The minimum atomic E-state index is -8.06. The van der Waals surface area contributed by atoms with Crippen molar-refractivity contribution < 1.29 is 98.4 Å². The Morgan fingerprint density at radius 1 is 0.588 bits per heavy atom. The molecule has 2 unspecified atom stereocenters. The largest absolute Gasteiger partial charge is 0.462 e. The molecule has 0 spiro atoms. The second-order valence-electron chi connectivity index (χ2n) is 5.62. The Labute approximate surface area is 174 Å². The molecule has 34 heavy (non-hydrogen) atoms. The maximum absolute atomic E-state index is 13.9. The summed E-state index contributed by atoms with van der Waals surface area (Å²) < 4.78 is 229. The zero-order chi connectivity index (χ0) is 27.8. The maximum Gasteiger partial charge on any atom is 0.462 e. The molecule has 0 aliphatic carbocycles. The molecule has 0 aromatic rings. The third-order valence-corrected chi connectivity index (χ3v) is 3.15. The van der Waals surface area contributed by atoms with Crippen molar-refractivity contribution in [3.8, 4) is 0 Å². The molecule has 0 saturated carbocycles. The normalized spacial score (nSPS) is 18.3. The van der Waals surface area contributed by atoms with Crippen LogP contribution in [0.25, 0.3) is 0 Å². The van der Waals surface area contributed by atoms with Crippen molar-refractivity contribution in [2.75, 3.05) is 20.3 Å². The van der Waals surface area contributed by atoms with E-state index in [1.165, 1.54) is 4.74 Å². The molecule has 0 N–H and O–H groups in total. The molecule has 0 aromatic heterocycles. The lowest BCUT2D eigenvalue weighted by atomic mass is 10.2. The third-order valence-electron chi connectivity index (χ3n) is 3.15. The lowest BCUT2D eigenvalue weighted by Gasteiger charge is -2.39. The fraction of sp³-hybridized carbons (Fsp3) is 0.917. The van der Waals surface area contributed by atoms with Crippen molar-refractivity contribution in [3.63, 3.8) is 0 Å². The molecule has 0 amide bonds. The zero-order valence-electron chi connectivity index (χ0n) is 15.4. The number of hydrogen-bond acceptors (Lipinski definition) is 5. The number of hydrogen-bond donors (Lipinski definition) is 0. The van der Waals surface area contributed by atoms with Crippen LogP contribution in [0.1, 0.15) is 0 Å². The van der Waals surface area contributed by atoms with Crippen LogP contribution in [-0.4, -0.2) is 74.7 Å². The van der Waals surface area contributed by atoms with Gasteiger partial charge >= 0.3 is 54.3 Å². The highest BCUT2D eigenvalue weighted by Crippen LogP contribution is 2.56. The summed E-state index contributed by atoms with van der Waals surface area (Å²) in [6.45, 7) is -2.38. The van der Waals surface area contributed by atoms with E-state index in [1.54, 1.807) is 4.74 Å². The topological polar surface area (TPSA) is 54.0 Å². The van der Waals surface area contributed by atoms with Crippen molar-refractivity contribution in [3.05, 3.63) is 0 Å². The van der Waals surface area contributed by atoms with Gasteiger partial charge in [0, 0.05) is 7.11 Å². The molecule has 0 aliphatic heterocycles. The molecule has 5 nitrogen and oxygen atoms in total. The van der Waals surface area contributed by atoms with Gasteiger partial charge in [-0.05, 0) is 0 Å². The van der Waals surface area contributed by atoms with E-state index in [2.05, 4.69) is 9.47 Å². The summed E-state index contributed by atoms with van der Waals surface area (Å²) in [5.41, 5.74) is 0. The number of carbonyl (C=O) groups excluding carboxylic acids is 1. The summed E-state index contributed by atoms with van der Waals surface area (Å²) >= 11 is 0. The molecule has 22 heteroatoms. The average Bonchev–Trinajstić information content (AvgIpc) is 2.57.